The standard InChI is InChI=1S/C21H29NO5S/c23-21(24)11-7-2-1-6-10-17-18(20-13-12-19(17)27-20)14-15-22-28(25,26)16-8-4-3-5-9-16/h1,3-6,8-9,17-20,22H,2,7,10-15H2,(H,23,24)/t17-,18+,19-,20+/m1/s1. The molecule has 2 heterocycles. The predicted molar refractivity (Wildman–Crippen MR) is 106 cm³/mol. The zero-order valence-corrected chi connectivity index (χ0v) is 16.8. The highest BCUT2D eigenvalue weighted by Crippen LogP contribution is 2.46. The first kappa shape index (κ1) is 21.0. The van der Waals surface area contributed by atoms with E-state index >= 15 is 0 Å². The van der Waals surface area contributed by atoms with E-state index in [1.165, 1.54) is 0 Å². The molecule has 0 unspecified atom stereocenters. The first-order valence-corrected chi connectivity index (χ1v) is 11.5. The Bertz CT molecular complexity index is 777. The molecule has 1 aromatic rings. The minimum Gasteiger partial charge on any atom is -0.481 e. The summed E-state index contributed by atoms with van der Waals surface area (Å²) in [6.07, 6.45) is 10.1. The summed E-state index contributed by atoms with van der Waals surface area (Å²) in [4.78, 5) is 10.8. The normalized spacial score (nSPS) is 26.9. The summed E-state index contributed by atoms with van der Waals surface area (Å²) in [6.45, 7) is 0.410. The molecule has 0 aliphatic carbocycles. The van der Waals surface area contributed by atoms with Gasteiger partial charge in [-0.15, -0.1) is 0 Å². The van der Waals surface area contributed by atoms with Crippen LogP contribution in [0.2, 0.25) is 0 Å². The van der Waals surface area contributed by atoms with Crippen LogP contribution in [0.5, 0.6) is 0 Å². The number of nitrogens with one attached hydrogen (secondary N) is 1. The third-order valence-electron chi connectivity index (χ3n) is 5.75. The van der Waals surface area contributed by atoms with E-state index in [4.69, 9.17) is 9.84 Å². The lowest BCUT2D eigenvalue weighted by Crippen LogP contribution is -2.32. The maximum atomic E-state index is 12.4. The lowest BCUT2D eigenvalue weighted by atomic mass is 9.76. The van der Waals surface area contributed by atoms with Crippen molar-refractivity contribution in [3.05, 3.63) is 42.5 Å². The molecule has 2 saturated heterocycles. The van der Waals surface area contributed by atoms with Crippen LogP contribution in [-0.4, -0.2) is 38.2 Å². The molecule has 28 heavy (non-hydrogen) atoms. The number of unbranched alkanes of at least 4 members (excludes halogenated alkanes) is 1. The van der Waals surface area contributed by atoms with Crippen molar-refractivity contribution in [2.45, 2.75) is 62.0 Å². The molecular formula is C21H29NO5S. The van der Waals surface area contributed by atoms with Gasteiger partial charge in [0.05, 0.1) is 17.1 Å². The number of fused-ring (bicyclic) bond motifs is 2. The molecule has 4 atom stereocenters. The summed E-state index contributed by atoms with van der Waals surface area (Å²) < 4.78 is 33.6. The van der Waals surface area contributed by atoms with Crippen LogP contribution in [0.25, 0.3) is 0 Å². The number of benzene rings is 1. The van der Waals surface area contributed by atoms with Crippen molar-refractivity contribution >= 4 is 16.0 Å². The van der Waals surface area contributed by atoms with Gasteiger partial charge in [0, 0.05) is 13.0 Å². The number of carboxylic acid groups (broad SMARTS) is 1. The third kappa shape index (κ3) is 5.43. The lowest BCUT2D eigenvalue weighted by Gasteiger charge is -2.27. The Balaban J connectivity index is 1.48. The largest absolute Gasteiger partial charge is 0.481 e. The van der Waals surface area contributed by atoms with Gasteiger partial charge in [-0.2, -0.15) is 0 Å². The van der Waals surface area contributed by atoms with E-state index in [9.17, 15) is 13.2 Å². The van der Waals surface area contributed by atoms with Crippen LogP contribution in [0.4, 0.5) is 0 Å². The summed E-state index contributed by atoms with van der Waals surface area (Å²) in [5.41, 5.74) is 0. The van der Waals surface area contributed by atoms with Crippen molar-refractivity contribution in [2.24, 2.45) is 11.8 Å². The smallest absolute Gasteiger partial charge is 0.303 e. The highest BCUT2D eigenvalue weighted by molar-refractivity contribution is 7.89. The van der Waals surface area contributed by atoms with E-state index in [1.807, 2.05) is 0 Å². The molecule has 2 N–H and O–H groups in total. The summed E-state index contributed by atoms with van der Waals surface area (Å²) in [5.74, 6) is 0.0181. The van der Waals surface area contributed by atoms with Gasteiger partial charge in [-0.05, 0) is 62.5 Å². The Kier molecular flexibility index (Phi) is 7.26. The van der Waals surface area contributed by atoms with Crippen LogP contribution in [0, 0.1) is 11.8 Å². The molecule has 0 amide bonds. The number of carboxylic acids is 1. The van der Waals surface area contributed by atoms with E-state index in [1.54, 1.807) is 30.3 Å². The molecule has 2 aliphatic rings. The summed E-state index contributed by atoms with van der Waals surface area (Å²) >= 11 is 0. The van der Waals surface area contributed by atoms with Crippen molar-refractivity contribution in [3.8, 4) is 0 Å². The fourth-order valence-electron chi connectivity index (χ4n) is 4.38. The first-order valence-electron chi connectivity index (χ1n) is 10.0. The molecule has 2 bridgehead atoms. The Labute approximate surface area is 167 Å². The van der Waals surface area contributed by atoms with E-state index in [2.05, 4.69) is 16.9 Å². The van der Waals surface area contributed by atoms with Crippen LogP contribution in [0.3, 0.4) is 0 Å². The van der Waals surface area contributed by atoms with Gasteiger partial charge in [0.25, 0.3) is 0 Å². The Morgan fingerprint density at radius 1 is 1.14 bits per heavy atom. The maximum absolute atomic E-state index is 12.4. The molecule has 1 aromatic carbocycles. The molecule has 0 saturated carbocycles. The predicted octanol–water partition coefficient (Wildman–Crippen LogP) is 3.35. The molecule has 6 nitrogen and oxygen atoms in total. The second-order valence-corrected chi connectivity index (χ2v) is 9.38. The Morgan fingerprint density at radius 3 is 2.57 bits per heavy atom. The van der Waals surface area contributed by atoms with Gasteiger partial charge in [-0.1, -0.05) is 30.4 Å². The van der Waals surface area contributed by atoms with Crippen molar-refractivity contribution in [3.63, 3.8) is 0 Å². The number of carbonyl (C=O) groups is 1. The highest BCUT2D eigenvalue weighted by atomic mass is 32.2. The summed E-state index contributed by atoms with van der Waals surface area (Å²) in [6, 6.07) is 8.43. The monoisotopic (exact) mass is 407 g/mol. The Morgan fingerprint density at radius 2 is 1.86 bits per heavy atom. The minimum absolute atomic E-state index is 0.200. The van der Waals surface area contributed by atoms with E-state index in [-0.39, 0.29) is 18.6 Å². The number of ether oxygens (including phenoxy) is 1. The average molecular weight is 408 g/mol. The summed E-state index contributed by atoms with van der Waals surface area (Å²) in [7, 11) is -3.47. The number of aliphatic carboxylic acids is 1. The van der Waals surface area contributed by atoms with Gasteiger partial charge in [0.1, 0.15) is 0 Å². The molecule has 2 fully saturated rings. The topological polar surface area (TPSA) is 92.7 Å². The van der Waals surface area contributed by atoms with Gasteiger partial charge < -0.3 is 9.84 Å². The van der Waals surface area contributed by atoms with Crippen LogP contribution >= 0.6 is 0 Å². The molecular weight excluding hydrogens is 378 g/mol. The number of sulfonamides is 1. The van der Waals surface area contributed by atoms with Gasteiger partial charge in [-0.25, -0.2) is 13.1 Å². The van der Waals surface area contributed by atoms with E-state index < -0.39 is 16.0 Å². The number of allylic oxidation sites excluding steroid dienone is 2. The SMILES string of the molecule is O=C(O)CCCC=CC[C@@H]1[C@H](CCNS(=O)(=O)c2ccccc2)[C@@H]2CC[C@H]1O2. The fourth-order valence-corrected chi connectivity index (χ4v) is 5.45. The minimum atomic E-state index is -3.47. The molecule has 7 heteroatoms. The number of hydrogen-bond acceptors (Lipinski definition) is 4. The Hall–Kier alpha value is -1.70. The van der Waals surface area contributed by atoms with Gasteiger partial charge in [-0.3, -0.25) is 4.79 Å². The number of rotatable bonds is 11. The second-order valence-electron chi connectivity index (χ2n) is 7.61. The van der Waals surface area contributed by atoms with Gasteiger partial charge in [0.2, 0.25) is 10.0 Å². The fraction of sp³-hybridized carbons (Fsp3) is 0.571. The summed E-state index contributed by atoms with van der Waals surface area (Å²) in [5, 5.41) is 8.67. The third-order valence-corrected chi connectivity index (χ3v) is 7.23. The average Bonchev–Trinajstić information content (AvgIpc) is 3.27. The number of hydrogen-bond donors (Lipinski definition) is 2. The first-order chi connectivity index (χ1) is 13.5. The molecule has 2 aliphatic heterocycles. The van der Waals surface area contributed by atoms with Gasteiger partial charge in [0.15, 0.2) is 0 Å². The van der Waals surface area contributed by atoms with Crippen molar-refractivity contribution in [1.29, 1.82) is 0 Å². The molecule has 0 aromatic heterocycles. The second kappa shape index (κ2) is 9.67. The molecule has 3 rings (SSSR count). The van der Waals surface area contributed by atoms with Crippen LogP contribution in [0.15, 0.2) is 47.4 Å². The van der Waals surface area contributed by atoms with Crippen molar-refractivity contribution in [2.75, 3.05) is 6.54 Å². The van der Waals surface area contributed by atoms with Crippen LogP contribution in [0.1, 0.15) is 44.9 Å². The molecule has 0 spiro atoms. The van der Waals surface area contributed by atoms with Crippen LogP contribution < -0.4 is 4.72 Å². The van der Waals surface area contributed by atoms with E-state index in [0.29, 0.717) is 29.7 Å². The highest BCUT2D eigenvalue weighted by Gasteiger charge is 2.47. The van der Waals surface area contributed by atoms with Crippen molar-refractivity contribution in [1.82, 2.24) is 4.72 Å². The van der Waals surface area contributed by atoms with Crippen LogP contribution in [-0.2, 0) is 19.6 Å². The quantitative estimate of drug-likeness (QED) is 0.433. The van der Waals surface area contributed by atoms with Gasteiger partial charge >= 0.3 is 5.97 Å². The maximum Gasteiger partial charge on any atom is 0.303 e. The lowest BCUT2D eigenvalue weighted by molar-refractivity contribution is -0.137. The zero-order chi connectivity index (χ0) is 20.0. The zero-order valence-electron chi connectivity index (χ0n) is 16.0. The molecule has 0 radical (unpaired) electrons. The van der Waals surface area contributed by atoms with Crippen molar-refractivity contribution < 1.29 is 23.1 Å². The van der Waals surface area contributed by atoms with E-state index in [0.717, 1.165) is 32.1 Å². The molecule has 154 valence electrons.